The van der Waals surface area contributed by atoms with Crippen molar-refractivity contribution in [3.8, 4) is 11.5 Å². The summed E-state index contributed by atoms with van der Waals surface area (Å²) in [7, 11) is 3.32. The Morgan fingerprint density at radius 2 is 1.82 bits per heavy atom. The van der Waals surface area contributed by atoms with Gasteiger partial charge in [-0.15, -0.1) is 0 Å². The molecule has 3 heteroatoms. The van der Waals surface area contributed by atoms with E-state index in [2.05, 4.69) is 6.92 Å². The van der Waals surface area contributed by atoms with E-state index in [1.54, 1.807) is 14.2 Å². The zero-order chi connectivity index (χ0) is 13.1. The molecule has 0 aliphatic carbocycles. The molecule has 1 aromatic rings. The average Bonchev–Trinajstić information content (AvgIpc) is 2.36. The minimum absolute atomic E-state index is 0.0822. The minimum atomic E-state index is -0.318. The number of methoxy groups -OCH3 is 2. The molecule has 0 radical (unpaired) electrons. The van der Waals surface area contributed by atoms with Gasteiger partial charge in [0.05, 0.1) is 20.8 Å². The van der Waals surface area contributed by atoms with Crippen LogP contribution in [0.4, 0.5) is 0 Å². The van der Waals surface area contributed by atoms with Crippen LogP contribution in [0.5, 0.6) is 11.5 Å². The monoisotopic (exact) mass is 238 g/mol. The molecular formula is C14H22O3. The Morgan fingerprint density at radius 1 is 1.18 bits per heavy atom. The van der Waals surface area contributed by atoms with Crippen LogP contribution in [0.3, 0.4) is 0 Å². The number of ether oxygens (including phenoxy) is 2. The van der Waals surface area contributed by atoms with Crippen molar-refractivity contribution in [1.29, 1.82) is 0 Å². The van der Waals surface area contributed by atoms with E-state index < -0.39 is 0 Å². The Bertz CT molecular complexity index is 383. The predicted octanol–water partition coefficient (Wildman–Crippen LogP) is 2.54. The Morgan fingerprint density at radius 3 is 2.24 bits per heavy atom. The van der Waals surface area contributed by atoms with Crippen molar-refractivity contribution in [3.63, 3.8) is 0 Å². The fourth-order valence-corrected chi connectivity index (χ4v) is 1.99. The molecule has 0 amide bonds. The van der Waals surface area contributed by atoms with Gasteiger partial charge < -0.3 is 14.6 Å². The van der Waals surface area contributed by atoms with Crippen LogP contribution in [-0.4, -0.2) is 25.9 Å². The molecule has 0 aliphatic rings. The van der Waals surface area contributed by atoms with Crippen molar-refractivity contribution in [1.82, 2.24) is 0 Å². The Balaban J connectivity index is 3.43. The van der Waals surface area contributed by atoms with Crippen LogP contribution in [0.15, 0.2) is 12.1 Å². The van der Waals surface area contributed by atoms with Gasteiger partial charge in [0.25, 0.3) is 0 Å². The van der Waals surface area contributed by atoms with Gasteiger partial charge in [-0.3, -0.25) is 0 Å². The summed E-state index contributed by atoms with van der Waals surface area (Å²) in [5.41, 5.74) is 1.75. The number of benzene rings is 1. The normalized spacial score (nSPS) is 11.4. The van der Waals surface area contributed by atoms with Crippen LogP contribution in [0, 0.1) is 0 Å². The van der Waals surface area contributed by atoms with Gasteiger partial charge in [0.15, 0.2) is 0 Å². The number of hydrogen-bond acceptors (Lipinski definition) is 3. The summed E-state index contributed by atoms with van der Waals surface area (Å²) < 4.78 is 10.8. The van der Waals surface area contributed by atoms with Gasteiger partial charge in [-0.1, -0.05) is 26.8 Å². The molecular weight excluding hydrogens is 216 g/mol. The molecule has 1 rings (SSSR count). The van der Waals surface area contributed by atoms with Crippen LogP contribution in [0.2, 0.25) is 0 Å². The first kappa shape index (κ1) is 13.8. The molecule has 1 N–H and O–H groups in total. The lowest BCUT2D eigenvalue weighted by atomic mass is 9.83. The molecule has 17 heavy (non-hydrogen) atoms. The summed E-state index contributed by atoms with van der Waals surface area (Å²) in [5.74, 6) is 1.66. The van der Waals surface area contributed by atoms with E-state index in [-0.39, 0.29) is 12.0 Å². The second kappa shape index (κ2) is 5.41. The van der Waals surface area contributed by atoms with E-state index in [0.29, 0.717) is 0 Å². The Hall–Kier alpha value is -1.22. The predicted molar refractivity (Wildman–Crippen MR) is 69.0 cm³/mol. The first-order valence-corrected chi connectivity index (χ1v) is 5.87. The molecule has 96 valence electrons. The van der Waals surface area contributed by atoms with E-state index >= 15 is 0 Å². The maximum Gasteiger partial charge on any atom is 0.129 e. The van der Waals surface area contributed by atoms with Gasteiger partial charge in [-0.05, 0) is 12.5 Å². The molecule has 0 heterocycles. The highest BCUT2D eigenvalue weighted by Crippen LogP contribution is 2.38. The minimum Gasteiger partial charge on any atom is -0.496 e. The average molecular weight is 238 g/mol. The number of rotatable bonds is 5. The van der Waals surface area contributed by atoms with E-state index in [9.17, 15) is 5.11 Å². The second-order valence-electron chi connectivity index (χ2n) is 4.72. The smallest absolute Gasteiger partial charge is 0.129 e. The molecule has 0 saturated carbocycles. The molecule has 0 fully saturated rings. The lowest BCUT2D eigenvalue weighted by Gasteiger charge is -2.26. The molecule has 0 aromatic heterocycles. The highest BCUT2D eigenvalue weighted by molar-refractivity contribution is 5.52. The molecule has 0 spiro atoms. The van der Waals surface area contributed by atoms with E-state index in [0.717, 1.165) is 29.0 Å². The van der Waals surface area contributed by atoms with Gasteiger partial charge >= 0.3 is 0 Å². The molecule has 0 unspecified atom stereocenters. The quantitative estimate of drug-likeness (QED) is 0.856. The van der Waals surface area contributed by atoms with Crippen molar-refractivity contribution in [3.05, 3.63) is 23.3 Å². The molecule has 0 bridgehead atoms. The summed E-state index contributed by atoms with van der Waals surface area (Å²) >= 11 is 0. The fraction of sp³-hybridized carbons (Fsp3) is 0.571. The maximum atomic E-state index is 9.47. The topological polar surface area (TPSA) is 38.7 Å². The van der Waals surface area contributed by atoms with Gasteiger partial charge in [-0.25, -0.2) is 0 Å². The zero-order valence-corrected chi connectivity index (χ0v) is 11.3. The van der Waals surface area contributed by atoms with Gasteiger partial charge in [-0.2, -0.15) is 0 Å². The summed E-state index contributed by atoms with van der Waals surface area (Å²) in [6, 6.07) is 3.90. The van der Waals surface area contributed by atoms with Crippen LogP contribution >= 0.6 is 0 Å². The zero-order valence-electron chi connectivity index (χ0n) is 11.3. The maximum absolute atomic E-state index is 9.47. The third-order valence-corrected chi connectivity index (χ3v) is 3.12. The molecule has 1 aromatic carbocycles. The van der Waals surface area contributed by atoms with Crippen LogP contribution in [-0.2, 0) is 11.8 Å². The largest absolute Gasteiger partial charge is 0.496 e. The molecule has 0 aliphatic heterocycles. The van der Waals surface area contributed by atoms with Crippen molar-refractivity contribution in [2.45, 2.75) is 32.6 Å². The second-order valence-corrected chi connectivity index (χ2v) is 4.72. The molecule has 3 nitrogen and oxygen atoms in total. The molecule has 0 atom stereocenters. The number of hydrogen-bond donors (Lipinski definition) is 1. The number of aliphatic hydroxyl groups excluding tert-OH is 1. The molecule has 0 saturated heterocycles. The van der Waals surface area contributed by atoms with E-state index in [4.69, 9.17) is 9.47 Å². The highest BCUT2D eigenvalue weighted by Gasteiger charge is 2.26. The standard InChI is InChI=1S/C14H22O3/c1-6-10-12(16-4)8-7-11(13(10)17-5)14(2,3)9-15/h7-8,15H,6,9H2,1-5H3. The Labute approximate surface area is 103 Å². The van der Waals surface area contributed by atoms with Crippen LogP contribution in [0.1, 0.15) is 31.9 Å². The van der Waals surface area contributed by atoms with Crippen molar-refractivity contribution in [2.75, 3.05) is 20.8 Å². The highest BCUT2D eigenvalue weighted by atomic mass is 16.5. The van der Waals surface area contributed by atoms with Gasteiger partial charge in [0.1, 0.15) is 11.5 Å². The third kappa shape index (κ3) is 2.55. The summed E-state index contributed by atoms with van der Waals surface area (Å²) in [4.78, 5) is 0. The summed E-state index contributed by atoms with van der Waals surface area (Å²) in [6.07, 6.45) is 0.835. The first-order valence-electron chi connectivity index (χ1n) is 5.87. The fourth-order valence-electron chi connectivity index (χ4n) is 1.99. The van der Waals surface area contributed by atoms with Gasteiger partial charge in [0, 0.05) is 16.5 Å². The van der Waals surface area contributed by atoms with Crippen molar-refractivity contribution < 1.29 is 14.6 Å². The first-order chi connectivity index (χ1) is 8.01. The number of aliphatic hydroxyl groups is 1. The van der Waals surface area contributed by atoms with Crippen molar-refractivity contribution >= 4 is 0 Å². The van der Waals surface area contributed by atoms with Crippen LogP contribution < -0.4 is 9.47 Å². The Kier molecular flexibility index (Phi) is 4.40. The summed E-state index contributed by atoms with van der Waals surface area (Å²) in [5, 5.41) is 9.47. The van der Waals surface area contributed by atoms with E-state index in [1.165, 1.54) is 0 Å². The van der Waals surface area contributed by atoms with E-state index in [1.807, 2.05) is 26.0 Å². The third-order valence-electron chi connectivity index (χ3n) is 3.12. The van der Waals surface area contributed by atoms with Crippen molar-refractivity contribution in [2.24, 2.45) is 0 Å². The lowest BCUT2D eigenvalue weighted by molar-refractivity contribution is 0.214. The van der Waals surface area contributed by atoms with Gasteiger partial charge in [0.2, 0.25) is 0 Å². The summed E-state index contributed by atoms with van der Waals surface area (Å²) in [6.45, 7) is 6.14. The lowest BCUT2D eigenvalue weighted by Crippen LogP contribution is -2.23. The SMILES string of the molecule is CCc1c(OC)ccc(C(C)(C)CO)c1OC. The van der Waals surface area contributed by atoms with Crippen LogP contribution in [0.25, 0.3) is 0 Å².